The Kier molecular flexibility index (Phi) is 6.22. The van der Waals surface area contributed by atoms with Crippen LogP contribution in [0.5, 0.6) is 5.75 Å². The molecule has 2 N–H and O–H groups in total. The molecule has 0 saturated carbocycles. The van der Waals surface area contributed by atoms with Gasteiger partial charge < -0.3 is 15.2 Å². The number of carbonyl (C=O) groups is 1. The van der Waals surface area contributed by atoms with Crippen molar-refractivity contribution in [2.45, 2.75) is 39.1 Å². The van der Waals surface area contributed by atoms with Crippen molar-refractivity contribution in [1.29, 1.82) is 0 Å². The van der Waals surface area contributed by atoms with Crippen LogP contribution in [-0.2, 0) is 11.0 Å². The van der Waals surface area contributed by atoms with Crippen LogP contribution in [0.1, 0.15) is 26.3 Å². The topological polar surface area (TPSA) is 58.6 Å². The van der Waals surface area contributed by atoms with Gasteiger partial charge in [0.15, 0.2) is 6.10 Å². The quantitative estimate of drug-likeness (QED) is 0.847. The Balaban J connectivity index is 2.77. The van der Waals surface area contributed by atoms with Crippen molar-refractivity contribution < 1.29 is 27.8 Å². The first-order valence-corrected chi connectivity index (χ1v) is 6.91. The summed E-state index contributed by atoms with van der Waals surface area (Å²) < 4.78 is 43.7. The van der Waals surface area contributed by atoms with Crippen LogP contribution >= 0.6 is 0 Å². The van der Waals surface area contributed by atoms with E-state index in [1.54, 1.807) is 13.8 Å². The Morgan fingerprint density at radius 3 is 2.41 bits per heavy atom. The van der Waals surface area contributed by atoms with E-state index in [0.717, 1.165) is 6.07 Å². The molecule has 22 heavy (non-hydrogen) atoms. The highest BCUT2D eigenvalue weighted by atomic mass is 19.4. The van der Waals surface area contributed by atoms with E-state index in [9.17, 15) is 18.0 Å². The zero-order chi connectivity index (χ0) is 16.9. The van der Waals surface area contributed by atoms with E-state index in [2.05, 4.69) is 5.32 Å². The van der Waals surface area contributed by atoms with Crippen molar-refractivity contribution in [3.8, 4) is 5.75 Å². The predicted octanol–water partition coefficient (Wildman–Crippen LogP) is 2.61. The van der Waals surface area contributed by atoms with Crippen LogP contribution < -0.4 is 10.1 Å². The van der Waals surface area contributed by atoms with E-state index in [1.807, 2.05) is 0 Å². The fourth-order valence-corrected chi connectivity index (χ4v) is 1.69. The molecule has 1 rings (SSSR count). The molecule has 0 fully saturated rings. The molecule has 7 heteroatoms. The summed E-state index contributed by atoms with van der Waals surface area (Å²) in [6, 6.07) is 4.42. The molecule has 3 unspecified atom stereocenters. The van der Waals surface area contributed by atoms with Crippen molar-refractivity contribution in [2.24, 2.45) is 5.92 Å². The van der Waals surface area contributed by atoms with E-state index in [-0.39, 0.29) is 24.3 Å². The first-order chi connectivity index (χ1) is 10.2. The average Bonchev–Trinajstić information content (AvgIpc) is 2.45. The van der Waals surface area contributed by atoms with Gasteiger partial charge in [-0.3, -0.25) is 4.79 Å². The Hall–Kier alpha value is -1.76. The van der Waals surface area contributed by atoms with Crippen LogP contribution in [0.3, 0.4) is 0 Å². The van der Waals surface area contributed by atoms with Crippen LogP contribution in [0.15, 0.2) is 24.3 Å². The van der Waals surface area contributed by atoms with Gasteiger partial charge in [-0.05, 0) is 31.9 Å². The molecule has 0 saturated heterocycles. The molecule has 124 valence electrons. The van der Waals surface area contributed by atoms with E-state index in [0.29, 0.717) is 0 Å². The molecule has 0 aliphatic carbocycles. The smallest absolute Gasteiger partial charge is 0.419 e. The third kappa shape index (κ3) is 4.91. The number of alkyl halides is 3. The Morgan fingerprint density at radius 1 is 1.27 bits per heavy atom. The summed E-state index contributed by atoms with van der Waals surface area (Å²) in [5, 5.41) is 11.6. The lowest BCUT2D eigenvalue weighted by Gasteiger charge is -2.23. The molecule has 0 radical (unpaired) electrons. The lowest BCUT2D eigenvalue weighted by Crippen LogP contribution is -2.44. The van der Waals surface area contributed by atoms with Gasteiger partial charge in [0.1, 0.15) is 5.75 Å². The number of hydrogen-bond acceptors (Lipinski definition) is 3. The zero-order valence-corrected chi connectivity index (χ0v) is 12.6. The van der Waals surface area contributed by atoms with Gasteiger partial charge in [-0.2, -0.15) is 13.2 Å². The summed E-state index contributed by atoms with van der Waals surface area (Å²) >= 11 is 0. The molecule has 1 amide bonds. The maximum Gasteiger partial charge on any atom is 0.419 e. The Morgan fingerprint density at radius 2 is 1.86 bits per heavy atom. The van der Waals surface area contributed by atoms with Gasteiger partial charge in [0.2, 0.25) is 0 Å². The van der Waals surface area contributed by atoms with Crippen molar-refractivity contribution in [1.82, 2.24) is 5.32 Å². The molecule has 0 aliphatic heterocycles. The number of para-hydroxylation sites is 1. The fraction of sp³-hybridized carbons (Fsp3) is 0.533. The molecule has 0 aromatic heterocycles. The highest BCUT2D eigenvalue weighted by Gasteiger charge is 2.34. The molecular formula is C15H20F3NO3. The lowest BCUT2D eigenvalue weighted by molar-refractivity contribution is -0.140. The second-order valence-electron chi connectivity index (χ2n) is 5.21. The van der Waals surface area contributed by atoms with Crippen LogP contribution in [0.2, 0.25) is 0 Å². The van der Waals surface area contributed by atoms with E-state index in [4.69, 9.17) is 9.84 Å². The minimum atomic E-state index is -4.55. The Labute approximate surface area is 127 Å². The van der Waals surface area contributed by atoms with Gasteiger partial charge in [0, 0.05) is 12.6 Å². The second kappa shape index (κ2) is 7.49. The van der Waals surface area contributed by atoms with Crippen molar-refractivity contribution in [3.05, 3.63) is 29.8 Å². The summed E-state index contributed by atoms with van der Waals surface area (Å²) in [5.74, 6) is -1.09. The van der Waals surface area contributed by atoms with Crippen molar-refractivity contribution >= 4 is 5.91 Å². The van der Waals surface area contributed by atoms with E-state index in [1.165, 1.54) is 25.1 Å². The Bertz CT molecular complexity index is 505. The van der Waals surface area contributed by atoms with Gasteiger partial charge in [-0.15, -0.1) is 0 Å². The highest BCUT2D eigenvalue weighted by molar-refractivity contribution is 5.81. The molecule has 0 spiro atoms. The number of aliphatic hydroxyl groups excluding tert-OH is 1. The predicted molar refractivity (Wildman–Crippen MR) is 75.4 cm³/mol. The maximum atomic E-state index is 12.9. The van der Waals surface area contributed by atoms with Crippen LogP contribution in [0.4, 0.5) is 13.2 Å². The number of aliphatic hydroxyl groups is 1. The van der Waals surface area contributed by atoms with Gasteiger partial charge in [0.05, 0.1) is 5.56 Å². The van der Waals surface area contributed by atoms with Gasteiger partial charge in [-0.1, -0.05) is 19.1 Å². The lowest BCUT2D eigenvalue weighted by atomic mass is 10.1. The maximum absolute atomic E-state index is 12.9. The first kappa shape index (κ1) is 18.3. The fourth-order valence-electron chi connectivity index (χ4n) is 1.69. The third-order valence-electron chi connectivity index (χ3n) is 3.38. The second-order valence-corrected chi connectivity index (χ2v) is 5.21. The van der Waals surface area contributed by atoms with Crippen LogP contribution in [0, 0.1) is 5.92 Å². The summed E-state index contributed by atoms with van der Waals surface area (Å²) in [7, 11) is 0. The third-order valence-corrected chi connectivity index (χ3v) is 3.38. The van der Waals surface area contributed by atoms with E-state index >= 15 is 0 Å². The number of ether oxygens (including phenoxy) is 1. The molecular weight excluding hydrogens is 299 g/mol. The number of benzene rings is 1. The number of rotatable bonds is 6. The number of halogens is 3. The summed E-state index contributed by atoms with van der Waals surface area (Å²) in [4.78, 5) is 11.9. The van der Waals surface area contributed by atoms with Crippen molar-refractivity contribution in [3.63, 3.8) is 0 Å². The monoisotopic (exact) mass is 319 g/mol. The summed E-state index contributed by atoms with van der Waals surface area (Å²) in [6.45, 7) is 4.72. The van der Waals surface area contributed by atoms with Crippen LogP contribution in [0.25, 0.3) is 0 Å². The van der Waals surface area contributed by atoms with Gasteiger partial charge in [-0.25, -0.2) is 0 Å². The number of nitrogens with one attached hydrogen (secondary N) is 1. The minimum Gasteiger partial charge on any atom is -0.480 e. The minimum absolute atomic E-state index is 0.104. The summed E-state index contributed by atoms with van der Waals surface area (Å²) in [5.41, 5.74) is -0.925. The largest absolute Gasteiger partial charge is 0.480 e. The standard InChI is InChI=1S/C15H20F3NO3/c1-9(8-20)10(2)19-14(21)11(3)22-13-7-5-4-6-12(13)15(16,17)18/h4-7,9-11,20H,8H2,1-3H3,(H,19,21). The zero-order valence-electron chi connectivity index (χ0n) is 12.6. The molecule has 1 aromatic carbocycles. The average molecular weight is 319 g/mol. The van der Waals surface area contributed by atoms with E-state index < -0.39 is 23.8 Å². The molecule has 0 aliphatic rings. The SMILES string of the molecule is CC(Oc1ccccc1C(F)(F)F)C(=O)NC(C)C(C)CO. The molecule has 1 aromatic rings. The molecule has 4 nitrogen and oxygen atoms in total. The first-order valence-electron chi connectivity index (χ1n) is 6.91. The number of hydrogen-bond donors (Lipinski definition) is 2. The number of amides is 1. The molecule has 0 bridgehead atoms. The van der Waals surface area contributed by atoms with Gasteiger partial charge >= 0.3 is 6.18 Å². The molecule has 0 heterocycles. The van der Waals surface area contributed by atoms with Crippen LogP contribution in [-0.4, -0.2) is 29.8 Å². The number of carbonyl (C=O) groups excluding carboxylic acids is 1. The highest BCUT2D eigenvalue weighted by Crippen LogP contribution is 2.36. The normalized spacial score (nSPS) is 15.8. The van der Waals surface area contributed by atoms with Crippen molar-refractivity contribution in [2.75, 3.05) is 6.61 Å². The molecule has 3 atom stereocenters. The summed E-state index contributed by atoms with van der Waals surface area (Å²) in [6.07, 6.45) is -5.64. The van der Waals surface area contributed by atoms with Gasteiger partial charge in [0.25, 0.3) is 5.91 Å².